The zero-order valence-electron chi connectivity index (χ0n) is 22.6. The maximum Gasteiger partial charge on any atom is 0.322 e. The Morgan fingerprint density at radius 3 is 2.37 bits per heavy atom. The van der Waals surface area contributed by atoms with Crippen LogP contribution in [-0.4, -0.2) is 47.3 Å². The summed E-state index contributed by atoms with van der Waals surface area (Å²) in [7, 11) is 0. The Bertz CT molecular complexity index is 1410. The van der Waals surface area contributed by atoms with Crippen molar-refractivity contribution in [2.24, 2.45) is 5.92 Å². The molecular formula is C31H32F3N5O2. The van der Waals surface area contributed by atoms with Crippen LogP contribution in [0, 0.1) is 11.7 Å². The summed E-state index contributed by atoms with van der Waals surface area (Å²) in [5.41, 5.74) is 2.42. The van der Waals surface area contributed by atoms with Crippen LogP contribution in [0.4, 0.5) is 23.7 Å². The van der Waals surface area contributed by atoms with E-state index in [4.69, 9.17) is 4.42 Å². The number of hydrogen-bond donors (Lipinski definition) is 1. The first-order chi connectivity index (χ1) is 20.0. The molecule has 0 saturated carbocycles. The SMILES string of the molecule is O=C(NCCN1CCC(Cc2ccccc2)CC1)N(Cc1ccc(-c2nnc(C(F)F)o2)cc1F)c1ccccc1. The van der Waals surface area contributed by atoms with Gasteiger partial charge < -0.3 is 14.6 Å². The van der Waals surface area contributed by atoms with Crippen molar-refractivity contribution >= 4 is 11.7 Å². The molecule has 0 spiro atoms. The molecule has 0 bridgehead atoms. The molecule has 0 unspecified atom stereocenters. The molecule has 0 radical (unpaired) electrons. The maximum absolute atomic E-state index is 15.1. The van der Waals surface area contributed by atoms with Gasteiger partial charge in [0.15, 0.2) is 0 Å². The second-order valence-corrected chi connectivity index (χ2v) is 10.2. The molecule has 2 heterocycles. The number of nitrogens with one attached hydrogen (secondary N) is 1. The highest BCUT2D eigenvalue weighted by Gasteiger charge is 2.22. The summed E-state index contributed by atoms with van der Waals surface area (Å²) in [6.07, 6.45) is 0.438. The smallest absolute Gasteiger partial charge is 0.322 e. The Kier molecular flexibility index (Phi) is 9.30. The number of para-hydroxylation sites is 1. The summed E-state index contributed by atoms with van der Waals surface area (Å²) in [5.74, 6) is -0.976. The van der Waals surface area contributed by atoms with Gasteiger partial charge in [-0.1, -0.05) is 54.6 Å². The van der Waals surface area contributed by atoms with Gasteiger partial charge in [-0.15, -0.1) is 10.2 Å². The minimum Gasteiger partial charge on any atom is -0.415 e. The number of urea groups is 1. The molecule has 4 aromatic rings. The molecule has 1 aliphatic rings. The maximum atomic E-state index is 15.1. The first-order valence-corrected chi connectivity index (χ1v) is 13.7. The number of hydrogen-bond acceptors (Lipinski definition) is 5. The summed E-state index contributed by atoms with van der Waals surface area (Å²) >= 11 is 0. The van der Waals surface area contributed by atoms with Gasteiger partial charge in [-0.2, -0.15) is 8.78 Å². The van der Waals surface area contributed by atoms with E-state index in [1.54, 1.807) is 12.1 Å². The van der Waals surface area contributed by atoms with Crippen molar-refractivity contribution in [3.8, 4) is 11.5 Å². The van der Waals surface area contributed by atoms with Gasteiger partial charge in [0.2, 0.25) is 5.89 Å². The molecule has 3 aromatic carbocycles. The number of anilines is 1. The minimum atomic E-state index is -2.91. The van der Waals surface area contributed by atoms with Crippen LogP contribution in [0.5, 0.6) is 0 Å². The molecule has 5 rings (SSSR count). The third-order valence-corrected chi connectivity index (χ3v) is 7.35. The molecule has 1 fully saturated rings. The monoisotopic (exact) mass is 563 g/mol. The van der Waals surface area contributed by atoms with E-state index in [0.717, 1.165) is 45.0 Å². The number of nitrogens with zero attached hydrogens (tertiary/aromatic N) is 4. The molecule has 7 nitrogen and oxygen atoms in total. The normalized spacial score (nSPS) is 14.3. The van der Waals surface area contributed by atoms with Crippen molar-refractivity contribution in [2.75, 3.05) is 31.1 Å². The topological polar surface area (TPSA) is 74.5 Å². The van der Waals surface area contributed by atoms with E-state index in [-0.39, 0.29) is 29.6 Å². The molecule has 1 aliphatic heterocycles. The first-order valence-electron chi connectivity index (χ1n) is 13.7. The number of carbonyl (C=O) groups is 1. The summed E-state index contributed by atoms with van der Waals surface area (Å²) in [6, 6.07) is 23.4. The van der Waals surface area contributed by atoms with Crippen molar-refractivity contribution in [3.05, 3.63) is 102 Å². The summed E-state index contributed by atoms with van der Waals surface area (Å²) < 4.78 is 45.6. The van der Waals surface area contributed by atoms with E-state index in [1.165, 1.54) is 22.6 Å². The van der Waals surface area contributed by atoms with Gasteiger partial charge in [-0.05, 0) is 68.1 Å². The molecule has 1 aromatic heterocycles. The Labute approximate surface area is 237 Å². The number of likely N-dealkylation sites (tertiary alicyclic amines) is 1. The third kappa shape index (κ3) is 7.52. The zero-order valence-corrected chi connectivity index (χ0v) is 22.6. The van der Waals surface area contributed by atoms with Crippen molar-refractivity contribution < 1.29 is 22.4 Å². The quantitative estimate of drug-likeness (QED) is 0.239. The van der Waals surface area contributed by atoms with Crippen LogP contribution in [0.3, 0.4) is 0 Å². The predicted molar refractivity (Wildman–Crippen MR) is 150 cm³/mol. The van der Waals surface area contributed by atoms with Crippen LogP contribution < -0.4 is 10.2 Å². The Morgan fingerprint density at radius 1 is 1.00 bits per heavy atom. The predicted octanol–water partition coefficient (Wildman–Crippen LogP) is 6.48. The van der Waals surface area contributed by atoms with Crippen molar-refractivity contribution in [2.45, 2.75) is 32.2 Å². The highest BCUT2D eigenvalue weighted by molar-refractivity contribution is 5.91. The highest BCUT2D eigenvalue weighted by Crippen LogP contribution is 2.26. The third-order valence-electron chi connectivity index (χ3n) is 7.35. The molecule has 214 valence electrons. The van der Waals surface area contributed by atoms with Crippen molar-refractivity contribution in [3.63, 3.8) is 0 Å². The number of amides is 2. The van der Waals surface area contributed by atoms with Crippen LogP contribution in [0.1, 0.15) is 36.3 Å². The fourth-order valence-electron chi connectivity index (χ4n) is 5.08. The van der Waals surface area contributed by atoms with Gasteiger partial charge in [0, 0.05) is 29.9 Å². The molecule has 1 N–H and O–H groups in total. The standard InChI is InChI=1S/C31H32F3N5O2/c32-27-20-24(29-36-37-30(41-29)28(33)34)11-12-25(27)21-39(26-9-5-2-6-10-26)31(40)35-15-18-38-16-13-23(14-17-38)19-22-7-3-1-4-8-22/h1-12,20,23,28H,13-19,21H2,(H,35,40). The first kappa shape index (κ1) is 28.4. The lowest BCUT2D eigenvalue weighted by molar-refractivity contribution is 0.116. The molecule has 0 atom stereocenters. The van der Waals surface area contributed by atoms with Gasteiger partial charge >= 0.3 is 12.5 Å². The molecular weight excluding hydrogens is 531 g/mol. The van der Waals surface area contributed by atoms with Gasteiger partial charge in [0.05, 0.1) is 6.54 Å². The van der Waals surface area contributed by atoms with E-state index in [0.29, 0.717) is 18.2 Å². The number of rotatable bonds is 10. The van der Waals surface area contributed by atoms with Crippen LogP contribution in [0.25, 0.3) is 11.5 Å². The summed E-state index contributed by atoms with van der Waals surface area (Å²) in [6.45, 7) is 3.16. The Morgan fingerprint density at radius 2 is 1.71 bits per heavy atom. The van der Waals surface area contributed by atoms with Gasteiger partial charge in [-0.3, -0.25) is 4.90 Å². The lowest BCUT2D eigenvalue weighted by atomic mass is 9.90. The fourth-order valence-corrected chi connectivity index (χ4v) is 5.08. The number of alkyl halides is 2. The minimum absolute atomic E-state index is 0.0288. The van der Waals surface area contributed by atoms with Crippen molar-refractivity contribution in [1.29, 1.82) is 0 Å². The van der Waals surface area contributed by atoms with Gasteiger partial charge in [0.25, 0.3) is 5.89 Å². The fraction of sp³-hybridized carbons (Fsp3) is 0.323. The average molecular weight is 564 g/mol. The number of halogens is 3. The molecule has 41 heavy (non-hydrogen) atoms. The lowest BCUT2D eigenvalue weighted by Gasteiger charge is -2.32. The van der Waals surface area contributed by atoms with Crippen LogP contribution in [0.15, 0.2) is 83.3 Å². The largest absolute Gasteiger partial charge is 0.415 e. The second kappa shape index (κ2) is 13.5. The molecule has 1 saturated heterocycles. The van der Waals surface area contributed by atoms with E-state index < -0.39 is 18.1 Å². The van der Waals surface area contributed by atoms with Crippen molar-refractivity contribution in [1.82, 2.24) is 20.4 Å². The van der Waals surface area contributed by atoms with E-state index in [1.807, 2.05) is 24.3 Å². The van der Waals surface area contributed by atoms with Crippen LogP contribution in [-0.2, 0) is 13.0 Å². The van der Waals surface area contributed by atoms with Gasteiger partial charge in [-0.25, -0.2) is 9.18 Å². The Hall–Kier alpha value is -4.18. The average Bonchev–Trinajstić information content (AvgIpc) is 3.49. The molecule has 2 amide bonds. The van der Waals surface area contributed by atoms with E-state index >= 15 is 4.39 Å². The molecule has 10 heteroatoms. The lowest BCUT2D eigenvalue weighted by Crippen LogP contribution is -2.44. The van der Waals surface area contributed by atoms with Gasteiger partial charge in [0.1, 0.15) is 5.82 Å². The van der Waals surface area contributed by atoms with Crippen LogP contribution in [0.2, 0.25) is 0 Å². The summed E-state index contributed by atoms with van der Waals surface area (Å²) in [5, 5.41) is 9.84. The summed E-state index contributed by atoms with van der Waals surface area (Å²) in [4.78, 5) is 17.1. The number of benzene rings is 3. The van der Waals surface area contributed by atoms with Crippen LogP contribution >= 0.6 is 0 Å². The van der Waals surface area contributed by atoms with E-state index in [9.17, 15) is 13.6 Å². The highest BCUT2D eigenvalue weighted by atomic mass is 19.3. The zero-order chi connectivity index (χ0) is 28.6. The number of piperidine rings is 1. The second-order valence-electron chi connectivity index (χ2n) is 10.2. The molecule has 0 aliphatic carbocycles. The Balaban J connectivity index is 1.17. The number of carbonyl (C=O) groups excluding carboxylic acids is 1. The number of aromatic nitrogens is 2. The van der Waals surface area contributed by atoms with E-state index in [2.05, 4.69) is 44.7 Å².